The average molecular weight is 320 g/mol. The molecule has 15 heavy (non-hydrogen) atoms. The van der Waals surface area contributed by atoms with E-state index in [9.17, 15) is 9.59 Å². The molecule has 0 aromatic heterocycles. The van der Waals surface area contributed by atoms with Crippen LogP contribution in [0.3, 0.4) is 0 Å². The van der Waals surface area contributed by atoms with E-state index in [4.69, 9.17) is 4.74 Å². The Morgan fingerprint density at radius 2 is 2.13 bits per heavy atom. The Balaban J connectivity index is 2.19. The van der Waals surface area contributed by atoms with Crippen molar-refractivity contribution in [3.8, 4) is 0 Å². The van der Waals surface area contributed by atoms with Gasteiger partial charge in [0.05, 0.1) is 12.2 Å². The molecule has 2 unspecified atom stereocenters. The number of esters is 1. The second-order valence-corrected chi connectivity index (χ2v) is 4.34. The molecular weight excluding hydrogens is 311 g/mol. The molecule has 80 valence electrons. The fraction of sp³-hybridized carbons (Fsp3) is 0.400. The smallest absolute Gasteiger partial charge is 0.379 e. The molecule has 0 fully saturated rings. The van der Waals surface area contributed by atoms with E-state index < -0.39 is 11.8 Å². The van der Waals surface area contributed by atoms with Gasteiger partial charge in [0.1, 0.15) is 12.2 Å². The summed E-state index contributed by atoms with van der Waals surface area (Å²) in [5.41, 5.74) is 0.432. The third kappa shape index (κ3) is 1.74. The molecule has 0 spiro atoms. The second-order valence-electron chi connectivity index (χ2n) is 3.17. The average Bonchev–Trinajstić information content (AvgIpc) is 2.77. The quantitative estimate of drug-likeness (QED) is 0.339. The highest BCUT2D eigenvalue weighted by Gasteiger charge is 2.40. The molecule has 0 aromatic carbocycles. The van der Waals surface area contributed by atoms with Crippen molar-refractivity contribution in [3.05, 3.63) is 21.3 Å². The molecule has 0 aliphatic carbocycles. The Morgan fingerprint density at radius 3 is 2.67 bits per heavy atom. The molecule has 2 rings (SSSR count). The summed E-state index contributed by atoms with van der Waals surface area (Å²) >= 11 is 2.04. The first-order valence-corrected chi connectivity index (χ1v) is 5.67. The molecular formula is C10H9IO4. The minimum Gasteiger partial charge on any atom is -0.460 e. The van der Waals surface area contributed by atoms with Gasteiger partial charge in [0.2, 0.25) is 0 Å². The van der Waals surface area contributed by atoms with Gasteiger partial charge in [-0.1, -0.05) is 12.2 Å². The maximum Gasteiger partial charge on any atom is 0.379 e. The van der Waals surface area contributed by atoms with Crippen LogP contribution in [0.2, 0.25) is 0 Å². The fourth-order valence-electron chi connectivity index (χ4n) is 1.59. The molecule has 4 nitrogen and oxygen atoms in total. The highest BCUT2D eigenvalue weighted by Crippen LogP contribution is 2.38. The molecule has 2 aliphatic rings. The number of hydrogen-bond donors (Lipinski definition) is 0. The van der Waals surface area contributed by atoms with Crippen LogP contribution in [0.4, 0.5) is 0 Å². The number of hydrogen-bond acceptors (Lipinski definition) is 4. The summed E-state index contributed by atoms with van der Waals surface area (Å²) in [4.78, 5) is 22.9. The number of ether oxygens (including phenoxy) is 2. The van der Waals surface area contributed by atoms with Crippen LogP contribution in [0.15, 0.2) is 21.3 Å². The van der Waals surface area contributed by atoms with Crippen molar-refractivity contribution in [2.45, 2.75) is 19.1 Å². The van der Waals surface area contributed by atoms with Gasteiger partial charge in [-0.2, -0.15) is 0 Å². The molecule has 0 saturated carbocycles. The number of Topliss-reactive ketones (excluding diaryl/α,β-unsaturated/α-hetero) is 1. The first-order valence-electron chi connectivity index (χ1n) is 4.60. The molecule has 2 aliphatic heterocycles. The van der Waals surface area contributed by atoms with Gasteiger partial charge >= 0.3 is 5.97 Å². The predicted molar refractivity (Wildman–Crippen MR) is 60.5 cm³/mol. The summed E-state index contributed by atoms with van der Waals surface area (Å²) in [7, 11) is 0. The van der Waals surface area contributed by atoms with Crippen LogP contribution in [0.5, 0.6) is 0 Å². The summed E-state index contributed by atoms with van der Waals surface area (Å²) in [6, 6.07) is 0. The van der Waals surface area contributed by atoms with Crippen LogP contribution in [-0.4, -0.2) is 30.6 Å². The first kappa shape index (κ1) is 10.8. The largest absolute Gasteiger partial charge is 0.460 e. The molecule has 2 bridgehead atoms. The van der Waals surface area contributed by atoms with Gasteiger partial charge < -0.3 is 9.47 Å². The van der Waals surface area contributed by atoms with Crippen molar-refractivity contribution >= 4 is 34.3 Å². The SMILES string of the molecule is CCOC(=O)C(=O)C1=C(I)C2C=CC1O2. The topological polar surface area (TPSA) is 52.6 Å². The zero-order valence-corrected chi connectivity index (χ0v) is 10.2. The van der Waals surface area contributed by atoms with E-state index in [0.29, 0.717) is 5.57 Å². The van der Waals surface area contributed by atoms with Crippen LogP contribution in [0, 0.1) is 0 Å². The van der Waals surface area contributed by atoms with Crippen molar-refractivity contribution in [2.75, 3.05) is 6.61 Å². The zero-order valence-electron chi connectivity index (χ0n) is 8.03. The van der Waals surface area contributed by atoms with E-state index in [0.717, 1.165) is 3.58 Å². The second kappa shape index (κ2) is 4.05. The lowest BCUT2D eigenvalue weighted by atomic mass is 10.0. The number of carbonyl (C=O) groups is 2. The first-order chi connectivity index (χ1) is 7.15. The third-order valence-electron chi connectivity index (χ3n) is 2.25. The van der Waals surface area contributed by atoms with Crippen LogP contribution >= 0.6 is 22.6 Å². The number of halogens is 1. The van der Waals surface area contributed by atoms with Gasteiger partial charge in [-0.05, 0) is 29.5 Å². The van der Waals surface area contributed by atoms with Gasteiger partial charge in [0.25, 0.3) is 5.78 Å². The standard InChI is InChI=1S/C10H9IO4/c1-2-14-10(13)9(12)7-5-3-4-6(15-5)8(7)11/h3-6H,2H2,1H3. The van der Waals surface area contributed by atoms with Crippen molar-refractivity contribution in [1.82, 2.24) is 0 Å². The lowest BCUT2D eigenvalue weighted by Crippen LogP contribution is -2.24. The Kier molecular flexibility index (Phi) is 2.92. The van der Waals surface area contributed by atoms with Gasteiger partial charge in [-0.25, -0.2) is 4.79 Å². The van der Waals surface area contributed by atoms with Gasteiger partial charge in [0, 0.05) is 3.58 Å². The van der Waals surface area contributed by atoms with Crippen molar-refractivity contribution < 1.29 is 19.1 Å². The summed E-state index contributed by atoms with van der Waals surface area (Å²) in [6.45, 7) is 1.88. The van der Waals surface area contributed by atoms with Crippen LogP contribution < -0.4 is 0 Å². The Morgan fingerprint density at radius 1 is 1.47 bits per heavy atom. The van der Waals surface area contributed by atoms with Gasteiger partial charge in [-0.3, -0.25) is 4.79 Å². The molecule has 0 aromatic rings. The number of fused-ring (bicyclic) bond motifs is 2. The number of rotatable bonds is 3. The normalized spacial score (nSPS) is 27.3. The van der Waals surface area contributed by atoms with E-state index in [1.807, 2.05) is 28.7 Å². The van der Waals surface area contributed by atoms with Crippen LogP contribution in [0.1, 0.15) is 6.92 Å². The Labute approximate surface area is 100 Å². The molecule has 0 saturated heterocycles. The van der Waals surface area contributed by atoms with Crippen molar-refractivity contribution in [2.24, 2.45) is 0 Å². The Hall–Kier alpha value is -0.690. The molecule has 2 atom stereocenters. The van der Waals surface area contributed by atoms with Crippen molar-refractivity contribution in [1.29, 1.82) is 0 Å². The summed E-state index contributed by atoms with van der Waals surface area (Å²) < 4.78 is 10.9. The maximum absolute atomic E-state index is 11.7. The van der Waals surface area contributed by atoms with E-state index in [-0.39, 0.29) is 18.8 Å². The molecule has 2 heterocycles. The van der Waals surface area contributed by atoms with Crippen LogP contribution in [0.25, 0.3) is 0 Å². The van der Waals surface area contributed by atoms with Gasteiger partial charge in [-0.15, -0.1) is 0 Å². The molecule has 0 radical (unpaired) electrons. The van der Waals surface area contributed by atoms with Crippen LogP contribution in [-0.2, 0) is 19.1 Å². The summed E-state index contributed by atoms with van der Waals surface area (Å²) in [6.07, 6.45) is 3.16. The highest BCUT2D eigenvalue weighted by molar-refractivity contribution is 14.1. The minimum atomic E-state index is -0.800. The van der Waals surface area contributed by atoms with Gasteiger partial charge in [0.15, 0.2) is 0 Å². The molecule has 5 heteroatoms. The monoisotopic (exact) mass is 320 g/mol. The number of ketones is 1. The van der Waals surface area contributed by atoms with E-state index in [1.165, 1.54) is 0 Å². The fourth-order valence-corrected chi connectivity index (χ4v) is 2.50. The van der Waals surface area contributed by atoms with Crippen molar-refractivity contribution in [3.63, 3.8) is 0 Å². The molecule has 0 N–H and O–H groups in total. The lowest BCUT2D eigenvalue weighted by molar-refractivity contribution is -0.152. The predicted octanol–water partition coefficient (Wildman–Crippen LogP) is 1.14. The van der Waals surface area contributed by atoms with E-state index in [1.54, 1.807) is 13.0 Å². The molecule has 0 amide bonds. The number of carbonyl (C=O) groups excluding carboxylic acids is 2. The maximum atomic E-state index is 11.7. The minimum absolute atomic E-state index is 0.149. The Bertz CT molecular complexity index is 383. The zero-order chi connectivity index (χ0) is 11.0. The lowest BCUT2D eigenvalue weighted by Gasteiger charge is -2.07. The van der Waals surface area contributed by atoms with E-state index in [2.05, 4.69) is 4.74 Å². The third-order valence-corrected chi connectivity index (χ3v) is 3.45. The summed E-state index contributed by atoms with van der Waals surface area (Å²) in [5, 5.41) is 0. The summed E-state index contributed by atoms with van der Waals surface area (Å²) in [5.74, 6) is -1.38. The van der Waals surface area contributed by atoms with E-state index >= 15 is 0 Å². The highest BCUT2D eigenvalue weighted by atomic mass is 127.